The summed E-state index contributed by atoms with van der Waals surface area (Å²) in [7, 11) is -1.47. The molecule has 1 aliphatic carbocycles. The maximum absolute atomic E-state index is 13.0. The van der Waals surface area contributed by atoms with Crippen LogP contribution in [0.2, 0.25) is 0 Å². The van der Waals surface area contributed by atoms with Gasteiger partial charge in [-0.2, -0.15) is 4.98 Å². The molecule has 3 heterocycles. The van der Waals surface area contributed by atoms with Gasteiger partial charge in [0.15, 0.2) is 5.82 Å². The fourth-order valence-corrected chi connectivity index (χ4v) is 5.48. The van der Waals surface area contributed by atoms with Gasteiger partial charge in [0.25, 0.3) is 5.91 Å². The van der Waals surface area contributed by atoms with Crippen LogP contribution in [0, 0.1) is 12.8 Å². The number of hydrogen-bond acceptors (Lipinski definition) is 6. The second kappa shape index (κ2) is 6.70. The number of fused-ring (bicyclic) bond motifs is 1. The zero-order chi connectivity index (χ0) is 20.1. The molecule has 2 aromatic rings. The van der Waals surface area contributed by atoms with Crippen LogP contribution in [-0.4, -0.2) is 58.8 Å². The molecule has 3 atom stereocenters. The van der Waals surface area contributed by atoms with E-state index in [0.29, 0.717) is 43.3 Å². The summed E-state index contributed by atoms with van der Waals surface area (Å²) in [6.45, 7) is 4.35. The molecule has 0 aromatic carbocycles. The van der Waals surface area contributed by atoms with Gasteiger partial charge in [-0.05, 0) is 44.7 Å². The van der Waals surface area contributed by atoms with E-state index >= 15 is 0 Å². The summed E-state index contributed by atoms with van der Waals surface area (Å²) in [6, 6.07) is 3.45. The Bertz CT molecular complexity index is 997. The van der Waals surface area contributed by atoms with Crippen molar-refractivity contribution in [1.82, 2.24) is 24.3 Å². The standard InChI is InChI=1S/C18H25N5O4S/c1-4-28(25,26)21-14-8-13-10-23(16(24)15-6-5-7-22(15)3)11-18(13,9-14)17-19-12(2)20-27-17/h5-7,13-14,21H,4,8-11H2,1-3H3. The van der Waals surface area contributed by atoms with E-state index in [1.165, 1.54) is 0 Å². The molecule has 0 bridgehead atoms. The Morgan fingerprint density at radius 2 is 2.25 bits per heavy atom. The smallest absolute Gasteiger partial charge is 0.270 e. The van der Waals surface area contributed by atoms with Crippen LogP contribution in [0.15, 0.2) is 22.9 Å². The Kier molecular flexibility index (Phi) is 4.58. The lowest BCUT2D eigenvalue weighted by Crippen LogP contribution is -2.40. The maximum Gasteiger partial charge on any atom is 0.270 e. The molecule has 1 aliphatic heterocycles. The van der Waals surface area contributed by atoms with Gasteiger partial charge in [0, 0.05) is 32.4 Å². The summed E-state index contributed by atoms with van der Waals surface area (Å²) in [5.41, 5.74) is 0.100. The summed E-state index contributed by atoms with van der Waals surface area (Å²) in [5.74, 6) is 1.09. The molecule has 0 radical (unpaired) electrons. The molecule has 9 nitrogen and oxygen atoms in total. The largest absolute Gasteiger partial charge is 0.347 e. The number of carbonyl (C=O) groups excluding carboxylic acids is 1. The van der Waals surface area contributed by atoms with Crippen molar-refractivity contribution in [3.05, 3.63) is 35.7 Å². The number of hydrogen-bond donors (Lipinski definition) is 1. The van der Waals surface area contributed by atoms with Gasteiger partial charge in [0.05, 0.1) is 11.2 Å². The molecule has 28 heavy (non-hydrogen) atoms. The first-order chi connectivity index (χ1) is 13.2. The van der Waals surface area contributed by atoms with E-state index in [-0.39, 0.29) is 23.6 Å². The Labute approximate surface area is 164 Å². The Morgan fingerprint density at radius 3 is 2.86 bits per heavy atom. The van der Waals surface area contributed by atoms with Crippen LogP contribution in [0.3, 0.4) is 0 Å². The van der Waals surface area contributed by atoms with Gasteiger partial charge in [-0.3, -0.25) is 4.79 Å². The second-order valence-corrected chi connectivity index (χ2v) is 9.89. The highest BCUT2D eigenvalue weighted by Crippen LogP contribution is 2.50. The Hall–Kier alpha value is -2.20. The highest BCUT2D eigenvalue weighted by atomic mass is 32.2. The number of carbonyl (C=O) groups is 1. The lowest BCUT2D eigenvalue weighted by atomic mass is 9.80. The molecule has 3 unspecified atom stereocenters. The molecule has 0 spiro atoms. The quantitative estimate of drug-likeness (QED) is 0.786. The molecule has 2 aromatic heterocycles. The lowest BCUT2D eigenvalue weighted by molar-refractivity contribution is 0.0764. The molecule has 1 amide bonds. The minimum Gasteiger partial charge on any atom is -0.347 e. The predicted molar refractivity (Wildman–Crippen MR) is 101 cm³/mol. The fourth-order valence-electron chi connectivity index (χ4n) is 4.63. The van der Waals surface area contributed by atoms with Crippen LogP contribution in [0.4, 0.5) is 0 Å². The average molecular weight is 407 g/mol. The van der Waals surface area contributed by atoms with Crippen LogP contribution < -0.4 is 4.72 Å². The van der Waals surface area contributed by atoms with E-state index < -0.39 is 15.4 Å². The number of aromatic nitrogens is 3. The van der Waals surface area contributed by atoms with Crippen molar-refractivity contribution in [2.75, 3.05) is 18.8 Å². The second-order valence-electron chi connectivity index (χ2n) is 7.85. The predicted octanol–water partition coefficient (Wildman–Crippen LogP) is 0.828. The number of nitrogens with one attached hydrogen (secondary N) is 1. The van der Waals surface area contributed by atoms with Crippen molar-refractivity contribution in [1.29, 1.82) is 0 Å². The highest BCUT2D eigenvalue weighted by Gasteiger charge is 2.58. The first kappa shape index (κ1) is 19.1. The zero-order valence-corrected chi connectivity index (χ0v) is 17.1. The van der Waals surface area contributed by atoms with Crippen molar-refractivity contribution in [3.63, 3.8) is 0 Å². The van der Waals surface area contributed by atoms with Crippen LogP contribution in [0.25, 0.3) is 0 Å². The minimum absolute atomic E-state index is 0.0387. The first-order valence-corrected chi connectivity index (χ1v) is 11.1. The van der Waals surface area contributed by atoms with Crippen LogP contribution in [0.1, 0.15) is 42.0 Å². The molecular formula is C18H25N5O4S. The van der Waals surface area contributed by atoms with Gasteiger partial charge < -0.3 is 14.0 Å². The Morgan fingerprint density at radius 1 is 1.46 bits per heavy atom. The van der Waals surface area contributed by atoms with E-state index in [2.05, 4.69) is 14.9 Å². The number of likely N-dealkylation sites (tertiary alicyclic amines) is 1. The molecule has 10 heteroatoms. The Balaban J connectivity index is 1.63. The van der Waals surface area contributed by atoms with Gasteiger partial charge in [0.1, 0.15) is 5.69 Å². The van der Waals surface area contributed by atoms with Gasteiger partial charge in [-0.15, -0.1) is 0 Å². The fraction of sp³-hybridized carbons (Fsp3) is 0.611. The van der Waals surface area contributed by atoms with Crippen molar-refractivity contribution in [2.45, 2.75) is 38.1 Å². The topological polar surface area (TPSA) is 110 Å². The molecule has 4 rings (SSSR count). The summed E-state index contributed by atoms with van der Waals surface area (Å²) in [5, 5.41) is 3.93. The number of sulfonamides is 1. The lowest BCUT2D eigenvalue weighted by Gasteiger charge is -2.25. The molecule has 1 saturated carbocycles. The third-order valence-corrected chi connectivity index (χ3v) is 7.46. The first-order valence-electron chi connectivity index (χ1n) is 9.45. The van der Waals surface area contributed by atoms with E-state index in [0.717, 1.165) is 0 Å². The summed E-state index contributed by atoms with van der Waals surface area (Å²) >= 11 is 0. The van der Waals surface area contributed by atoms with E-state index in [1.54, 1.807) is 24.5 Å². The third kappa shape index (κ3) is 3.14. The summed E-state index contributed by atoms with van der Waals surface area (Å²) in [4.78, 5) is 19.3. The van der Waals surface area contributed by atoms with Gasteiger partial charge in [-0.25, -0.2) is 13.1 Å². The maximum atomic E-state index is 13.0. The normalized spacial score (nSPS) is 27.3. The number of amides is 1. The molecule has 1 N–H and O–H groups in total. The van der Waals surface area contributed by atoms with E-state index in [9.17, 15) is 13.2 Å². The number of nitrogens with zero attached hydrogens (tertiary/aromatic N) is 4. The molecule has 1 saturated heterocycles. The molecule has 2 fully saturated rings. The van der Waals surface area contributed by atoms with Crippen molar-refractivity contribution >= 4 is 15.9 Å². The van der Waals surface area contributed by atoms with Crippen molar-refractivity contribution < 1.29 is 17.7 Å². The summed E-state index contributed by atoms with van der Waals surface area (Å²) < 4.78 is 34.2. The molecule has 152 valence electrons. The van der Waals surface area contributed by atoms with Crippen molar-refractivity contribution in [2.24, 2.45) is 13.0 Å². The summed E-state index contributed by atoms with van der Waals surface area (Å²) in [6.07, 6.45) is 3.02. The third-order valence-electron chi connectivity index (χ3n) is 6.00. The van der Waals surface area contributed by atoms with Gasteiger partial charge >= 0.3 is 0 Å². The van der Waals surface area contributed by atoms with Crippen LogP contribution >= 0.6 is 0 Å². The SMILES string of the molecule is CCS(=O)(=O)NC1CC2CN(C(=O)c3cccn3C)CC2(c2nc(C)no2)C1. The van der Waals surface area contributed by atoms with Gasteiger partial charge in [-0.1, -0.05) is 5.16 Å². The minimum atomic E-state index is -3.31. The molecule has 2 aliphatic rings. The average Bonchev–Trinajstić information content (AvgIpc) is 3.37. The zero-order valence-electron chi connectivity index (χ0n) is 16.3. The highest BCUT2D eigenvalue weighted by molar-refractivity contribution is 7.89. The molecular weight excluding hydrogens is 382 g/mol. The van der Waals surface area contributed by atoms with E-state index in [4.69, 9.17) is 4.52 Å². The van der Waals surface area contributed by atoms with E-state index in [1.807, 2.05) is 24.2 Å². The monoisotopic (exact) mass is 407 g/mol. The van der Waals surface area contributed by atoms with Crippen LogP contribution in [0.5, 0.6) is 0 Å². The number of aryl methyl sites for hydroxylation is 2. The van der Waals surface area contributed by atoms with Gasteiger partial charge in [0.2, 0.25) is 15.9 Å². The number of rotatable bonds is 5. The van der Waals surface area contributed by atoms with Crippen LogP contribution in [-0.2, 0) is 22.5 Å². The van der Waals surface area contributed by atoms with Crippen molar-refractivity contribution in [3.8, 4) is 0 Å².